The van der Waals surface area contributed by atoms with Crippen LogP contribution in [0, 0.1) is 0 Å². The maximum Gasteiger partial charge on any atom is 0.241 e. The maximum absolute atomic E-state index is 13.1. The van der Waals surface area contributed by atoms with E-state index in [0.29, 0.717) is 5.75 Å². The molecule has 0 atom stereocenters. The molecule has 4 aromatic carbocycles. The molecule has 5 aromatic rings. The van der Waals surface area contributed by atoms with E-state index in [1.54, 1.807) is 11.8 Å². The zero-order chi connectivity index (χ0) is 24.7. The van der Waals surface area contributed by atoms with Crippen molar-refractivity contribution >= 4 is 33.5 Å². The second-order valence-electron chi connectivity index (χ2n) is 8.49. The zero-order valence-electron chi connectivity index (χ0n) is 19.7. The molecule has 36 heavy (non-hydrogen) atoms. The van der Waals surface area contributed by atoms with Gasteiger partial charge in [-0.1, -0.05) is 107 Å². The molecule has 1 aromatic heterocycles. The van der Waals surface area contributed by atoms with E-state index in [9.17, 15) is 4.79 Å². The van der Waals surface area contributed by atoms with E-state index < -0.39 is 0 Å². The van der Waals surface area contributed by atoms with Crippen LogP contribution in [-0.4, -0.2) is 11.5 Å². The van der Waals surface area contributed by atoms with Gasteiger partial charge >= 0.3 is 0 Å². The summed E-state index contributed by atoms with van der Waals surface area (Å²) in [5.74, 6) is 0.480. The molecule has 0 aliphatic carbocycles. The minimum absolute atomic E-state index is 0.116. The summed E-state index contributed by atoms with van der Waals surface area (Å²) in [6.07, 6.45) is 0. The van der Waals surface area contributed by atoms with Crippen LogP contribution in [0.5, 0.6) is 0 Å². The number of carbonyl (C=O) groups excluding carboxylic acids is 1. The molecule has 5 rings (SSSR count). The van der Waals surface area contributed by atoms with Crippen molar-refractivity contribution in [2.45, 2.75) is 11.6 Å². The Kier molecular flexibility index (Phi) is 7.75. The minimum atomic E-state index is 0.116. The fraction of sp³-hybridized carbons (Fsp3) is 0.0625. The average molecular weight is 552 g/mol. The van der Waals surface area contributed by atoms with Gasteiger partial charge < -0.3 is 0 Å². The first-order chi connectivity index (χ1) is 17.7. The highest BCUT2D eigenvalue weighted by molar-refractivity contribution is 9.10. The second-order valence-corrected chi connectivity index (χ2v) is 10.4. The first-order valence-electron chi connectivity index (χ1n) is 11.8. The fourth-order valence-corrected chi connectivity index (χ4v) is 5.39. The van der Waals surface area contributed by atoms with E-state index >= 15 is 0 Å². The zero-order valence-corrected chi connectivity index (χ0v) is 22.1. The van der Waals surface area contributed by atoms with Crippen molar-refractivity contribution in [3.8, 4) is 22.4 Å². The van der Waals surface area contributed by atoms with E-state index in [0.717, 1.165) is 44.0 Å². The standard InChI is InChI=1S/C32H25BrNOS/c33-29-18-16-27(17-19-29)31(35)23-36-32-21-28(25-12-6-2-7-13-25)20-30(26-14-8-3-9-15-26)34(32)22-24-10-4-1-5-11-24/h1-21H,22-23H2/q+1. The van der Waals surface area contributed by atoms with Gasteiger partial charge in [0.15, 0.2) is 12.3 Å². The third kappa shape index (κ3) is 5.84. The lowest BCUT2D eigenvalue weighted by Crippen LogP contribution is -2.39. The Morgan fingerprint density at radius 1 is 0.667 bits per heavy atom. The SMILES string of the molecule is O=C(CSc1cc(-c2ccccc2)cc(-c2ccccc2)[n+]1Cc1ccccc1)c1ccc(Br)cc1. The van der Waals surface area contributed by atoms with E-state index in [4.69, 9.17) is 0 Å². The van der Waals surface area contributed by atoms with Crippen LogP contribution in [0.25, 0.3) is 22.4 Å². The Bertz CT molecular complexity index is 1450. The smallest absolute Gasteiger partial charge is 0.241 e. The first kappa shape index (κ1) is 24.2. The van der Waals surface area contributed by atoms with Crippen LogP contribution in [0.15, 0.2) is 137 Å². The summed E-state index contributed by atoms with van der Waals surface area (Å²) in [5.41, 5.74) is 6.50. The molecule has 0 amide bonds. The van der Waals surface area contributed by atoms with Gasteiger partial charge in [-0.2, -0.15) is 4.57 Å². The van der Waals surface area contributed by atoms with Gasteiger partial charge in [0.2, 0.25) is 10.7 Å². The highest BCUT2D eigenvalue weighted by Gasteiger charge is 2.23. The van der Waals surface area contributed by atoms with Crippen molar-refractivity contribution in [1.82, 2.24) is 0 Å². The van der Waals surface area contributed by atoms with Crippen molar-refractivity contribution in [3.63, 3.8) is 0 Å². The van der Waals surface area contributed by atoms with Gasteiger partial charge in [0.1, 0.15) is 0 Å². The normalized spacial score (nSPS) is 10.8. The van der Waals surface area contributed by atoms with Crippen molar-refractivity contribution in [2.75, 3.05) is 5.75 Å². The number of rotatable bonds is 8. The molecule has 0 spiro atoms. The van der Waals surface area contributed by atoms with Gasteiger partial charge in [0, 0.05) is 33.3 Å². The number of halogens is 1. The van der Waals surface area contributed by atoms with E-state index in [1.165, 1.54) is 5.56 Å². The van der Waals surface area contributed by atoms with Crippen LogP contribution >= 0.6 is 27.7 Å². The highest BCUT2D eigenvalue weighted by atomic mass is 79.9. The molecule has 0 saturated carbocycles. The summed E-state index contributed by atoms with van der Waals surface area (Å²) in [4.78, 5) is 13.1. The molecule has 0 aliphatic heterocycles. The molecular formula is C32H25BrNOS+. The number of ketones is 1. The van der Waals surface area contributed by atoms with Gasteiger partial charge in [-0.3, -0.25) is 4.79 Å². The summed E-state index contributed by atoms with van der Waals surface area (Å²) in [5, 5.41) is 1.06. The van der Waals surface area contributed by atoms with Crippen LogP contribution in [0.3, 0.4) is 0 Å². The van der Waals surface area contributed by atoms with Crippen molar-refractivity contribution in [1.29, 1.82) is 0 Å². The highest BCUT2D eigenvalue weighted by Crippen LogP contribution is 2.29. The van der Waals surface area contributed by atoms with Gasteiger partial charge in [-0.25, -0.2) is 0 Å². The van der Waals surface area contributed by atoms with Crippen molar-refractivity contribution in [3.05, 3.63) is 143 Å². The van der Waals surface area contributed by atoms with Crippen molar-refractivity contribution in [2.24, 2.45) is 0 Å². The van der Waals surface area contributed by atoms with Crippen LogP contribution in [0.4, 0.5) is 0 Å². The average Bonchev–Trinajstić information content (AvgIpc) is 2.94. The lowest BCUT2D eigenvalue weighted by atomic mass is 10.0. The van der Waals surface area contributed by atoms with Crippen LogP contribution in [-0.2, 0) is 6.54 Å². The number of pyridine rings is 1. The number of Topliss-reactive ketones (excluding diaryl/α,β-unsaturated/α-hetero) is 1. The number of thioether (sulfide) groups is 1. The Labute approximate surface area is 224 Å². The predicted octanol–water partition coefficient (Wildman–Crippen LogP) is 8.09. The number of carbonyl (C=O) groups is 1. The third-order valence-corrected chi connectivity index (χ3v) is 7.57. The number of aromatic nitrogens is 1. The number of hydrogen-bond acceptors (Lipinski definition) is 2. The second kappa shape index (κ2) is 11.5. The van der Waals surface area contributed by atoms with Crippen LogP contribution in [0.2, 0.25) is 0 Å². The molecule has 1 heterocycles. The molecule has 0 radical (unpaired) electrons. The van der Waals surface area contributed by atoms with Gasteiger partial charge in [0.05, 0.1) is 5.75 Å². The third-order valence-electron chi connectivity index (χ3n) is 6.01. The van der Waals surface area contributed by atoms with Crippen LogP contribution in [0.1, 0.15) is 15.9 Å². The molecule has 176 valence electrons. The minimum Gasteiger partial charge on any atom is -0.293 e. The van der Waals surface area contributed by atoms with Gasteiger partial charge in [-0.05, 0) is 47.2 Å². The molecule has 0 fully saturated rings. The summed E-state index contributed by atoms with van der Waals surface area (Å²) >= 11 is 5.04. The Balaban J connectivity index is 1.60. The summed E-state index contributed by atoms with van der Waals surface area (Å²) in [6, 6.07) is 43.4. The molecule has 0 unspecified atom stereocenters. The monoisotopic (exact) mass is 550 g/mol. The molecule has 4 heteroatoms. The summed E-state index contributed by atoms with van der Waals surface area (Å²) < 4.78 is 3.30. The quantitative estimate of drug-likeness (QED) is 0.110. The van der Waals surface area contributed by atoms with Crippen molar-refractivity contribution < 1.29 is 9.36 Å². The lowest BCUT2D eigenvalue weighted by molar-refractivity contribution is -0.714. The molecule has 0 bridgehead atoms. The first-order valence-corrected chi connectivity index (χ1v) is 13.6. The number of hydrogen-bond donors (Lipinski definition) is 0. The Hall–Kier alpha value is -3.47. The topological polar surface area (TPSA) is 20.9 Å². The van der Waals surface area contributed by atoms with Crippen LogP contribution < -0.4 is 4.57 Å². The Morgan fingerprint density at radius 2 is 1.25 bits per heavy atom. The molecule has 0 aliphatic rings. The Morgan fingerprint density at radius 3 is 1.89 bits per heavy atom. The van der Waals surface area contributed by atoms with E-state index in [1.807, 2.05) is 42.5 Å². The lowest BCUT2D eigenvalue weighted by Gasteiger charge is -2.12. The fourth-order valence-electron chi connectivity index (χ4n) is 4.15. The van der Waals surface area contributed by atoms with Gasteiger partial charge in [-0.15, -0.1) is 0 Å². The summed E-state index contributed by atoms with van der Waals surface area (Å²) in [6.45, 7) is 0.717. The maximum atomic E-state index is 13.1. The molecular weight excluding hydrogens is 526 g/mol. The predicted molar refractivity (Wildman–Crippen MR) is 152 cm³/mol. The summed E-state index contributed by atoms with van der Waals surface area (Å²) in [7, 11) is 0. The largest absolute Gasteiger partial charge is 0.293 e. The molecule has 0 saturated heterocycles. The number of nitrogens with zero attached hydrogens (tertiary/aromatic N) is 1. The van der Waals surface area contributed by atoms with E-state index in [-0.39, 0.29) is 5.78 Å². The molecule has 0 N–H and O–H groups in total. The van der Waals surface area contributed by atoms with E-state index in [2.05, 4.69) is 105 Å². The number of benzene rings is 4. The van der Waals surface area contributed by atoms with Gasteiger partial charge in [0.25, 0.3) is 0 Å². The molecule has 2 nitrogen and oxygen atoms in total.